The van der Waals surface area contributed by atoms with Crippen molar-refractivity contribution in [3.8, 4) is 0 Å². The normalized spacial score (nSPS) is 10.4. The number of hydrogen-bond acceptors (Lipinski definition) is 1. The summed E-state index contributed by atoms with van der Waals surface area (Å²) in [6.45, 7) is 12.8. The Kier molecular flexibility index (Phi) is 5.58. The first-order valence-corrected chi connectivity index (χ1v) is 5.74. The average Bonchev–Trinajstić information content (AvgIpc) is 2.26. The van der Waals surface area contributed by atoms with Gasteiger partial charge in [0.25, 0.3) is 0 Å². The fourth-order valence-electron chi connectivity index (χ4n) is 1.71. The van der Waals surface area contributed by atoms with Crippen molar-refractivity contribution in [2.45, 2.75) is 19.9 Å². The number of hydrogen-bond donors (Lipinski definition) is 0. The highest BCUT2D eigenvalue weighted by Gasteiger charge is 2.04. The van der Waals surface area contributed by atoms with Gasteiger partial charge in [0.1, 0.15) is 0 Å². The molecule has 0 aliphatic heterocycles. The van der Waals surface area contributed by atoms with Gasteiger partial charge in [-0.15, -0.1) is 6.58 Å². The van der Waals surface area contributed by atoms with E-state index < -0.39 is 0 Å². The van der Waals surface area contributed by atoms with Crippen molar-refractivity contribution < 1.29 is 0 Å². The SMILES string of the molecule is C=CCCN(CC(=C)C)Cc1ccccc1. The maximum atomic E-state index is 3.98. The van der Waals surface area contributed by atoms with Crippen molar-refractivity contribution >= 4 is 0 Å². The van der Waals surface area contributed by atoms with E-state index >= 15 is 0 Å². The van der Waals surface area contributed by atoms with Gasteiger partial charge in [-0.25, -0.2) is 0 Å². The van der Waals surface area contributed by atoms with Gasteiger partial charge < -0.3 is 0 Å². The molecule has 0 aliphatic carbocycles. The molecule has 16 heavy (non-hydrogen) atoms. The molecule has 0 fully saturated rings. The average molecular weight is 215 g/mol. The molecule has 1 heteroatoms. The summed E-state index contributed by atoms with van der Waals surface area (Å²) in [6.07, 6.45) is 3.00. The van der Waals surface area contributed by atoms with Crippen LogP contribution in [-0.2, 0) is 6.54 Å². The molecule has 0 aromatic heterocycles. The molecule has 0 atom stereocenters. The molecule has 1 nitrogen and oxygen atoms in total. The lowest BCUT2D eigenvalue weighted by molar-refractivity contribution is 0.294. The molecule has 1 aromatic carbocycles. The zero-order valence-corrected chi connectivity index (χ0v) is 10.2. The van der Waals surface area contributed by atoms with Crippen molar-refractivity contribution in [1.82, 2.24) is 4.90 Å². The van der Waals surface area contributed by atoms with Gasteiger partial charge in [-0.1, -0.05) is 48.6 Å². The highest BCUT2D eigenvalue weighted by molar-refractivity contribution is 5.14. The Morgan fingerprint density at radius 3 is 2.56 bits per heavy atom. The molecule has 0 bridgehead atoms. The Morgan fingerprint density at radius 1 is 1.31 bits per heavy atom. The summed E-state index contributed by atoms with van der Waals surface area (Å²) < 4.78 is 0. The Bertz CT molecular complexity index is 327. The fraction of sp³-hybridized carbons (Fsp3) is 0.333. The smallest absolute Gasteiger partial charge is 0.0237 e. The van der Waals surface area contributed by atoms with Crippen LogP contribution in [0.1, 0.15) is 18.9 Å². The van der Waals surface area contributed by atoms with Crippen LogP contribution in [0, 0.1) is 0 Å². The second-order valence-corrected chi connectivity index (χ2v) is 4.23. The van der Waals surface area contributed by atoms with Gasteiger partial charge in [0.05, 0.1) is 0 Å². The molecular weight excluding hydrogens is 194 g/mol. The van der Waals surface area contributed by atoms with Gasteiger partial charge in [-0.2, -0.15) is 0 Å². The second-order valence-electron chi connectivity index (χ2n) is 4.23. The maximum absolute atomic E-state index is 3.98. The molecule has 0 saturated heterocycles. The third kappa shape index (κ3) is 4.94. The van der Waals surface area contributed by atoms with Crippen molar-refractivity contribution in [3.05, 3.63) is 60.7 Å². The van der Waals surface area contributed by atoms with Crippen molar-refractivity contribution in [1.29, 1.82) is 0 Å². The highest BCUT2D eigenvalue weighted by Crippen LogP contribution is 2.07. The van der Waals surface area contributed by atoms with Crippen molar-refractivity contribution in [3.63, 3.8) is 0 Å². The van der Waals surface area contributed by atoms with Crippen LogP contribution in [0.25, 0.3) is 0 Å². The Morgan fingerprint density at radius 2 is 2.00 bits per heavy atom. The summed E-state index contributed by atoms with van der Waals surface area (Å²) in [5.41, 5.74) is 2.56. The van der Waals surface area contributed by atoms with E-state index in [9.17, 15) is 0 Å². The lowest BCUT2D eigenvalue weighted by atomic mass is 10.2. The minimum atomic E-state index is 0.961. The summed E-state index contributed by atoms with van der Waals surface area (Å²) in [5.74, 6) is 0. The Labute approximate surface area is 99.1 Å². The summed E-state index contributed by atoms with van der Waals surface area (Å²) in [7, 11) is 0. The fourth-order valence-corrected chi connectivity index (χ4v) is 1.71. The molecule has 86 valence electrons. The van der Waals surface area contributed by atoms with Crippen LogP contribution >= 0.6 is 0 Å². The van der Waals surface area contributed by atoms with E-state index in [1.807, 2.05) is 6.08 Å². The van der Waals surface area contributed by atoms with Gasteiger partial charge in [0.2, 0.25) is 0 Å². The van der Waals surface area contributed by atoms with Gasteiger partial charge in [0.15, 0.2) is 0 Å². The maximum Gasteiger partial charge on any atom is 0.0237 e. The number of benzene rings is 1. The molecule has 1 aromatic rings. The van der Waals surface area contributed by atoms with Crippen LogP contribution in [-0.4, -0.2) is 18.0 Å². The van der Waals surface area contributed by atoms with E-state index in [0.29, 0.717) is 0 Å². The van der Waals surface area contributed by atoms with E-state index in [1.165, 1.54) is 11.1 Å². The molecule has 1 rings (SSSR count). The molecule has 0 saturated carbocycles. The van der Waals surface area contributed by atoms with E-state index in [0.717, 1.165) is 26.1 Å². The van der Waals surface area contributed by atoms with Crippen LogP contribution < -0.4 is 0 Å². The molecule has 0 N–H and O–H groups in total. The molecule has 0 amide bonds. The zero-order chi connectivity index (χ0) is 11.8. The summed E-state index contributed by atoms with van der Waals surface area (Å²) >= 11 is 0. The van der Waals surface area contributed by atoms with E-state index in [2.05, 4.69) is 55.3 Å². The predicted octanol–water partition coefficient (Wildman–Crippen LogP) is 3.64. The molecule has 0 spiro atoms. The van der Waals surface area contributed by atoms with Gasteiger partial charge in [-0.3, -0.25) is 4.90 Å². The van der Waals surface area contributed by atoms with E-state index in [4.69, 9.17) is 0 Å². The molecule has 0 unspecified atom stereocenters. The van der Waals surface area contributed by atoms with Gasteiger partial charge >= 0.3 is 0 Å². The van der Waals surface area contributed by atoms with Crippen LogP contribution in [0.15, 0.2) is 55.1 Å². The highest BCUT2D eigenvalue weighted by atomic mass is 15.1. The first kappa shape index (κ1) is 12.7. The largest absolute Gasteiger partial charge is 0.295 e. The summed E-state index contributed by atoms with van der Waals surface area (Å²) in [6, 6.07) is 10.6. The third-order valence-corrected chi connectivity index (χ3v) is 2.39. The minimum absolute atomic E-state index is 0.961. The predicted molar refractivity (Wildman–Crippen MR) is 71.3 cm³/mol. The molecule has 0 radical (unpaired) electrons. The Balaban J connectivity index is 2.55. The molecule has 0 aliphatic rings. The van der Waals surface area contributed by atoms with E-state index in [-0.39, 0.29) is 0 Å². The lowest BCUT2D eigenvalue weighted by Crippen LogP contribution is -2.25. The summed E-state index contributed by atoms with van der Waals surface area (Å²) in [5, 5.41) is 0. The van der Waals surface area contributed by atoms with Crippen LogP contribution in [0.5, 0.6) is 0 Å². The zero-order valence-electron chi connectivity index (χ0n) is 10.2. The monoisotopic (exact) mass is 215 g/mol. The molecular formula is C15H21N. The Hall–Kier alpha value is -1.34. The minimum Gasteiger partial charge on any atom is -0.295 e. The quantitative estimate of drug-likeness (QED) is 0.628. The van der Waals surface area contributed by atoms with Crippen LogP contribution in [0.4, 0.5) is 0 Å². The summed E-state index contributed by atoms with van der Waals surface area (Å²) in [4.78, 5) is 2.40. The van der Waals surface area contributed by atoms with Gasteiger partial charge in [0, 0.05) is 19.6 Å². The first-order valence-electron chi connectivity index (χ1n) is 5.74. The number of rotatable bonds is 7. The number of nitrogens with zero attached hydrogens (tertiary/aromatic N) is 1. The van der Waals surface area contributed by atoms with Crippen LogP contribution in [0.2, 0.25) is 0 Å². The van der Waals surface area contributed by atoms with Crippen LogP contribution in [0.3, 0.4) is 0 Å². The second kappa shape index (κ2) is 7.02. The van der Waals surface area contributed by atoms with Crippen molar-refractivity contribution in [2.75, 3.05) is 13.1 Å². The molecule has 0 heterocycles. The topological polar surface area (TPSA) is 3.24 Å². The van der Waals surface area contributed by atoms with Crippen molar-refractivity contribution in [2.24, 2.45) is 0 Å². The standard InChI is InChI=1S/C15H21N/c1-4-5-11-16(12-14(2)3)13-15-9-7-6-8-10-15/h4,6-10H,1-2,5,11-13H2,3H3. The van der Waals surface area contributed by atoms with E-state index in [1.54, 1.807) is 0 Å². The lowest BCUT2D eigenvalue weighted by Gasteiger charge is -2.21. The third-order valence-electron chi connectivity index (χ3n) is 2.39. The first-order chi connectivity index (χ1) is 7.72. The van der Waals surface area contributed by atoms with Gasteiger partial charge in [-0.05, 0) is 18.9 Å².